The fraction of sp³-hybridized carbons (Fsp3) is 0.417. The zero-order chi connectivity index (χ0) is 12.5. The Labute approximate surface area is 101 Å². The van der Waals surface area contributed by atoms with Gasteiger partial charge in [0.15, 0.2) is 0 Å². The lowest BCUT2D eigenvalue weighted by atomic mass is 9.98. The Kier molecular flexibility index (Phi) is 2.94. The maximum Gasteiger partial charge on any atom is 0.240 e. The van der Waals surface area contributed by atoms with Crippen LogP contribution in [0.15, 0.2) is 29.2 Å². The van der Waals surface area contributed by atoms with E-state index in [2.05, 4.69) is 10.8 Å². The van der Waals surface area contributed by atoms with E-state index >= 15 is 0 Å². The number of hydrogen-bond donors (Lipinski definition) is 1. The van der Waals surface area contributed by atoms with Crippen LogP contribution in [-0.4, -0.2) is 15.0 Å². The third-order valence-corrected chi connectivity index (χ3v) is 4.58. The molecule has 0 aromatic heterocycles. The molecule has 0 radical (unpaired) electrons. The van der Waals surface area contributed by atoms with Crippen molar-refractivity contribution in [3.8, 4) is 6.07 Å². The molecule has 0 heterocycles. The molecule has 0 spiro atoms. The minimum Gasteiger partial charge on any atom is -0.211 e. The molecule has 17 heavy (non-hydrogen) atoms. The zero-order valence-corrected chi connectivity index (χ0v) is 10.4. The first-order chi connectivity index (χ1) is 8.04. The van der Waals surface area contributed by atoms with Gasteiger partial charge in [-0.15, -0.1) is 0 Å². The summed E-state index contributed by atoms with van der Waals surface area (Å²) in [7, 11) is -3.39. The normalized spacial score (nSPS) is 17.4. The van der Waals surface area contributed by atoms with Crippen molar-refractivity contribution in [1.82, 2.24) is 4.72 Å². The highest BCUT2D eigenvalue weighted by atomic mass is 32.2. The molecular weight excluding hydrogens is 236 g/mol. The SMILES string of the molecule is CCNS(=O)(=O)c1ccc(C2(C#N)CC2)cc1. The number of nitrogens with zero attached hydrogens (tertiary/aromatic N) is 1. The van der Waals surface area contributed by atoms with Crippen LogP contribution in [0.1, 0.15) is 25.3 Å². The molecule has 1 aliphatic carbocycles. The average molecular weight is 250 g/mol. The second-order valence-electron chi connectivity index (χ2n) is 4.22. The van der Waals surface area contributed by atoms with E-state index in [9.17, 15) is 8.42 Å². The summed E-state index contributed by atoms with van der Waals surface area (Å²) < 4.78 is 25.8. The molecular formula is C12H14N2O2S. The van der Waals surface area contributed by atoms with Crippen LogP contribution in [0.3, 0.4) is 0 Å². The first kappa shape index (κ1) is 12.1. The van der Waals surface area contributed by atoms with E-state index in [-0.39, 0.29) is 10.3 Å². The summed E-state index contributed by atoms with van der Waals surface area (Å²) in [5, 5.41) is 9.04. The first-order valence-corrected chi connectivity index (χ1v) is 7.04. The third kappa shape index (κ3) is 2.19. The highest BCUT2D eigenvalue weighted by Gasteiger charge is 2.44. The highest BCUT2D eigenvalue weighted by Crippen LogP contribution is 2.47. The number of benzene rings is 1. The fourth-order valence-corrected chi connectivity index (χ4v) is 2.86. The van der Waals surface area contributed by atoms with Crippen LogP contribution in [-0.2, 0) is 15.4 Å². The van der Waals surface area contributed by atoms with Crippen molar-refractivity contribution < 1.29 is 8.42 Å². The van der Waals surface area contributed by atoms with Gasteiger partial charge in [-0.3, -0.25) is 0 Å². The molecule has 2 rings (SSSR count). The number of rotatable bonds is 4. The molecule has 1 saturated carbocycles. The highest BCUT2D eigenvalue weighted by molar-refractivity contribution is 7.89. The minimum atomic E-state index is -3.39. The Hall–Kier alpha value is -1.38. The summed E-state index contributed by atoms with van der Waals surface area (Å²) in [6, 6.07) is 8.88. The predicted octanol–water partition coefficient (Wildman–Crippen LogP) is 1.54. The van der Waals surface area contributed by atoms with Gasteiger partial charge in [-0.05, 0) is 30.5 Å². The number of sulfonamides is 1. The van der Waals surface area contributed by atoms with Crippen LogP contribution < -0.4 is 4.72 Å². The summed E-state index contributed by atoms with van der Waals surface area (Å²) in [4.78, 5) is 0.247. The zero-order valence-electron chi connectivity index (χ0n) is 9.60. The molecule has 0 atom stereocenters. The van der Waals surface area contributed by atoms with Gasteiger partial charge in [0.1, 0.15) is 0 Å². The van der Waals surface area contributed by atoms with Crippen molar-refractivity contribution in [2.75, 3.05) is 6.54 Å². The molecule has 1 N–H and O–H groups in total. The van der Waals surface area contributed by atoms with Crippen LogP contribution >= 0.6 is 0 Å². The van der Waals surface area contributed by atoms with E-state index in [1.165, 1.54) is 0 Å². The molecule has 0 amide bonds. The van der Waals surface area contributed by atoms with E-state index in [0.29, 0.717) is 6.54 Å². The van der Waals surface area contributed by atoms with E-state index in [4.69, 9.17) is 5.26 Å². The van der Waals surface area contributed by atoms with Crippen LogP contribution in [0.2, 0.25) is 0 Å². The summed E-state index contributed by atoms with van der Waals surface area (Å²) in [5.41, 5.74) is 0.552. The number of hydrogen-bond acceptors (Lipinski definition) is 3. The molecule has 0 saturated heterocycles. The van der Waals surface area contributed by atoms with Crippen molar-refractivity contribution in [2.24, 2.45) is 0 Å². The second-order valence-corrected chi connectivity index (χ2v) is 5.99. The molecule has 0 unspecified atom stereocenters. The molecule has 5 heteroatoms. The molecule has 4 nitrogen and oxygen atoms in total. The maximum atomic E-state index is 11.7. The van der Waals surface area contributed by atoms with Gasteiger partial charge in [-0.25, -0.2) is 13.1 Å². The summed E-state index contributed by atoms with van der Waals surface area (Å²) >= 11 is 0. The van der Waals surface area contributed by atoms with Crippen molar-refractivity contribution in [1.29, 1.82) is 5.26 Å². The van der Waals surface area contributed by atoms with Gasteiger partial charge in [0, 0.05) is 6.54 Å². The molecule has 1 fully saturated rings. The molecule has 1 aromatic carbocycles. The minimum absolute atomic E-state index is 0.247. The molecule has 1 aromatic rings. The van der Waals surface area contributed by atoms with Crippen molar-refractivity contribution in [3.05, 3.63) is 29.8 Å². The monoisotopic (exact) mass is 250 g/mol. The molecule has 0 bridgehead atoms. The van der Waals surface area contributed by atoms with Gasteiger partial charge in [-0.2, -0.15) is 5.26 Å². The van der Waals surface area contributed by atoms with Crippen LogP contribution in [0.4, 0.5) is 0 Å². The van der Waals surface area contributed by atoms with E-state index < -0.39 is 10.0 Å². The smallest absolute Gasteiger partial charge is 0.211 e. The maximum absolute atomic E-state index is 11.7. The first-order valence-electron chi connectivity index (χ1n) is 5.55. The van der Waals surface area contributed by atoms with Crippen molar-refractivity contribution >= 4 is 10.0 Å². The standard InChI is InChI=1S/C12H14N2O2S/c1-2-14-17(15,16)11-5-3-10(4-6-11)12(9-13)7-8-12/h3-6,14H,2,7-8H2,1H3. The Morgan fingerprint density at radius 2 is 1.94 bits per heavy atom. The van der Waals surface area contributed by atoms with Gasteiger partial charge < -0.3 is 0 Å². The van der Waals surface area contributed by atoms with Gasteiger partial charge in [0.2, 0.25) is 10.0 Å². The lowest BCUT2D eigenvalue weighted by Crippen LogP contribution is -2.23. The molecule has 90 valence electrons. The second kappa shape index (κ2) is 4.13. The van der Waals surface area contributed by atoms with Gasteiger partial charge in [-0.1, -0.05) is 19.1 Å². The fourth-order valence-electron chi connectivity index (χ4n) is 1.82. The topological polar surface area (TPSA) is 70.0 Å². The lowest BCUT2D eigenvalue weighted by molar-refractivity contribution is 0.584. The Balaban J connectivity index is 2.29. The van der Waals surface area contributed by atoms with E-state index in [0.717, 1.165) is 18.4 Å². The molecule has 1 aliphatic rings. The third-order valence-electron chi connectivity index (χ3n) is 3.02. The Morgan fingerprint density at radius 1 is 1.35 bits per heavy atom. The van der Waals surface area contributed by atoms with Gasteiger partial charge >= 0.3 is 0 Å². The van der Waals surface area contributed by atoms with Gasteiger partial charge in [0.05, 0.1) is 16.4 Å². The Bertz CT molecular complexity index is 551. The number of nitrogens with one attached hydrogen (secondary N) is 1. The Morgan fingerprint density at radius 3 is 2.35 bits per heavy atom. The van der Waals surface area contributed by atoms with Crippen molar-refractivity contribution in [3.63, 3.8) is 0 Å². The summed E-state index contributed by atoms with van der Waals surface area (Å²) in [5.74, 6) is 0. The summed E-state index contributed by atoms with van der Waals surface area (Å²) in [6.07, 6.45) is 1.73. The van der Waals surface area contributed by atoms with E-state index in [1.54, 1.807) is 31.2 Å². The average Bonchev–Trinajstić information content (AvgIpc) is 3.10. The molecule has 0 aliphatic heterocycles. The van der Waals surface area contributed by atoms with Crippen LogP contribution in [0.25, 0.3) is 0 Å². The van der Waals surface area contributed by atoms with Crippen LogP contribution in [0.5, 0.6) is 0 Å². The van der Waals surface area contributed by atoms with Gasteiger partial charge in [0.25, 0.3) is 0 Å². The van der Waals surface area contributed by atoms with Crippen molar-refractivity contribution in [2.45, 2.75) is 30.1 Å². The number of nitriles is 1. The quantitative estimate of drug-likeness (QED) is 0.881. The largest absolute Gasteiger partial charge is 0.240 e. The lowest BCUT2D eigenvalue weighted by Gasteiger charge is -2.08. The summed E-state index contributed by atoms with van der Waals surface area (Å²) in [6.45, 7) is 2.10. The predicted molar refractivity (Wildman–Crippen MR) is 63.8 cm³/mol. The van der Waals surface area contributed by atoms with Crippen LogP contribution in [0, 0.1) is 11.3 Å². The van der Waals surface area contributed by atoms with E-state index in [1.807, 2.05) is 0 Å².